The number of aliphatic hydroxyl groups is 3. The van der Waals surface area contributed by atoms with Crippen molar-refractivity contribution in [3.8, 4) is 23.0 Å². The van der Waals surface area contributed by atoms with Crippen LogP contribution >= 0.6 is 0 Å². The molecule has 4 aromatic rings. The van der Waals surface area contributed by atoms with Crippen molar-refractivity contribution in [2.45, 2.75) is 30.5 Å². The number of aliphatic hydroxyl groups excluding tert-OH is 3. The van der Waals surface area contributed by atoms with Gasteiger partial charge in [-0.05, 0) is 18.2 Å². The van der Waals surface area contributed by atoms with E-state index in [-0.39, 0.29) is 22.1 Å². The summed E-state index contributed by atoms with van der Waals surface area (Å²) in [5.74, 6) is -3.45. The van der Waals surface area contributed by atoms with E-state index in [9.17, 15) is 45.3 Å². The summed E-state index contributed by atoms with van der Waals surface area (Å²) in [6.07, 6.45) is -8.51. The van der Waals surface area contributed by atoms with Gasteiger partial charge in [-0.25, -0.2) is 4.79 Å². The highest BCUT2D eigenvalue weighted by atomic mass is 16.6. The van der Waals surface area contributed by atoms with Gasteiger partial charge < -0.3 is 49.6 Å². The van der Waals surface area contributed by atoms with E-state index < -0.39 is 82.5 Å². The molecule has 0 amide bonds. The van der Waals surface area contributed by atoms with Gasteiger partial charge in [0, 0.05) is 12.1 Å². The number of hydrogen-bond acceptors (Lipinski definition) is 12. The van der Waals surface area contributed by atoms with Gasteiger partial charge in [-0.1, -0.05) is 18.2 Å². The molecule has 2 heterocycles. The van der Waals surface area contributed by atoms with Crippen molar-refractivity contribution in [1.29, 1.82) is 0 Å². The standard InChI is InChI=1S/C26H22O12/c27-12-6-11-15(7-13(12)28)37-16-8-14(29)18(22(32)19(16)20(11)30)25-24(34)23(33)21(31)17(38-25)9-36-26(35)10-4-2-1-3-5-10/h1-8,17,21,23-25,27-29,31-34H,9H2/t17-,21-,23+,24-,25+/m1/s1. The number of fused-ring (bicyclic) bond motifs is 2. The summed E-state index contributed by atoms with van der Waals surface area (Å²) in [5, 5.41) is 72.1. The van der Waals surface area contributed by atoms with Gasteiger partial charge in [0.1, 0.15) is 65.2 Å². The fraction of sp³-hybridized carbons (Fsp3) is 0.231. The summed E-state index contributed by atoms with van der Waals surface area (Å²) in [6, 6.07) is 10.8. The summed E-state index contributed by atoms with van der Waals surface area (Å²) in [7, 11) is 0. The van der Waals surface area contributed by atoms with Crippen LogP contribution in [-0.2, 0) is 9.47 Å². The highest BCUT2D eigenvalue weighted by Gasteiger charge is 2.46. The molecule has 0 radical (unpaired) electrons. The molecule has 1 fully saturated rings. The number of phenols is 4. The summed E-state index contributed by atoms with van der Waals surface area (Å²) in [4.78, 5) is 25.5. The molecule has 3 aromatic carbocycles. The van der Waals surface area contributed by atoms with Crippen molar-refractivity contribution in [2.24, 2.45) is 0 Å². The first-order valence-corrected chi connectivity index (χ1v) is 11.4. The van der Waals surface area contributed by atoms with E-state index in [0.717, 1.165) is 18.2 Å². The van der Waals surface area contributed by atoms with E-state index >= 15 is 0 Å². The van der Waals surface area contributed by atoms with Crippen LogP contribution in [0.3, 0.4) is 0 Å². The van der Waals surface area contributed by atoms with Crippen LogP contribution in [0.15, 0.2) is 57.7 Å². The van der Waals surface area contributed by atoms with Crippen LogP contribution in [0.2, 0.25) is 0 Å². The number of esters is 1. The van der Waals surface area contributed by atoms with Crippen LogP contribution in [0.4, 0.5) is 0 Å². The molecule has 0 aliphatic carbocycles. The minimum absolute atomic E-state index is 0.142. The van der Waals surface area contributed by atoms with E-state index in [1.54, 1.807) is 18.2 Å². The molecule has 5 rings (SSSR count). The van der Waals surface area contributed by atoms with Gasteiger partial charge >= 0.3 is 5.97 Å². The molecule has 1 aliphatic rings. The lowest BCUT2D eigenvalue weighted by atomic mass is 9.89. The monoisotopic (exact) mass is 526 g/mol. The third-order valence-corrected chi connectivity index (χ3v) is 6.44. The third-order valence-electron chi connectivity index (χ3n) is 6.44. The number of benzene rings is 3. The zero-order valence-electron chi connectivity index (χ0n) is 19.4. The van der Waals surface area contributed by atoms with Crippen molar-refractivity contribution in [1.82, 2.24) is 0 Å². The number of phenolic OH excluding ortho intramolecular Hbond substituents is 4. The molecule has 0 spiro atoms. The summed E-state index contributed by atoms with van der Waals surface area (Å²) < 4.78 is 16.4. The van der Waals surface area contributed by atoms with E-state index in [1.165, 1.54) is 12.1 Å². The van der Waals surface area contributed by atoms with Crippen molar-refractivity contribution in [2.75, 3.05) is 6.61 Å². The summed E-state index contributed by atoms with van der Waals surface area (Å²) >= 11 is 0. The highest BCUT2D eigenvalue weighted by Crippen LogP contribution is 2.45. The average Bonchev–Trinajstić information content (AvgIpc) is 2.89. The zero-order valence-corrected chi connectivity index (χ0v) is 19.4. The van der Waals surface area contributed by atoms with Gasteiger partial charge in [0.25, 0.3) is 0 Å². The third kappa shape index (κ3) is 4.15. The van der Waals surface area contributed by atoms with E-state index in [2.05, 4.69) is 0 Å². The molecule has 12 heteroatoms. The maximum atomic E-state index is 13.1. The van der Waals surface area contributed by atoms with E-state index in [0.29, 0.717) is 0 Å². The molecule has 12 nitrogen and oxygen atoms in total. The Kier molecular flexibility index (Phi) is 6.33. The van der Waals surface area contributed by atoms with Crippen LogP contribution in [0.5, 0.6) is 23.0 Å². The second-order valence-corrected chi connectivity index (χ2v) is 8.83. The minimum atomic E-state index is -1.88. The van der Waals surface area contributed by atoms with Crippen LogP contribution in [0.1, 0.15) is 22.0 Å². The quantitative estimate of drug-likeness (QED) is 0.114. The number of carbonyl (C=O) groups excluding carboxylic acids is 1. The van der Waals surface area contributed by atoms with Gasteiger partial charge in [-0.3, -0.25) is 4.79 Å². The average molecular weight is 526 g/mol. The molecule has 1 aliphatic heterocycles. The Morgan fingerprint density at radius 2 is 1.50 bits per heavy atom. The van der Waals surface area contributed by atoms with Crippen LogP contribution in [0.25, 0.3) is 21.9 Å². The molecule has 0 bridgehead atoms. The Labute approximate surface area is 212 Å². The van der Waals surface area contributed by atoms with Gasteiger partial charge in [0.2, 0.25) is 5.43 Å². The summed E-state index contributed by atoms with van der Waals surface area (Å²) in [5.41, 5.74) is -1.54. The van der Waals surface area contributed by atoms with Gasteiger partial charge in [0.05, 0.1) is 16.5 Å². The van der Waals surface area contributed by atoms with Crippen LogP contribution in [0, 0.1) is 0 Å². The van der Waals surface area contributed by atoms with Gasteiger partial charge in [0.15, 0.2) is 11.5 Å². The fourth-order valence-corrected chi connectivity index (χ4v) is 4.44. The predicted octanol–water partition coefficient (Wildman–Crippen LogP) is 1.15. The molecule has 1 aromatic heterocycles. The maximum absolute atomic E-state index is 13.1. The number of rotatable bonds is 4. The molecule has 0 unspecified atom stereocenters. The van der Waals surface area contributed by atoms with Crippen LogP contribution < -0.4 is 5.43 Å². The SMILES string of the molecule is O=C(OC[C@H]1O[C@@H](c2c(O)cc3oc4cc(O)c(O)cc4c(=O)c3c2O)[C@H](O)[C@@H](O)[C@@H]1O)c1ccccc1. The second kappa shape index (κ2) is 9.50. The Bertz CT molecular complexity index is 1600. The topological polar surface area (TPSA) is 207 Å². The Balaban J connectivity index is 1.53. The van der Waals surface area contributed by atoms with Gasteiger partial charge in [-0.2, -0.15) is 0 Å². The fourth-order valence-electron chi connectivity index (χ4n) is 4.44. The zero-order chi connectivity index (χ0) is 27.3. The smallest absolute Gasteiger partial charge is 0.338 e. The number of ether oxygens (including phenoxy) is 2. The van der Waals surface area contributed by atoms with Crippen LogP contribution in [-0.4, -0.2) is 72.7 Å². The number of carbonyl (C=O) groups is 1. The predicted molar refractivity (Wildman–Crippen MR) is 129 cm³/mol. The molecule has 5 atom stereocenters. The van der Waals surface area contributed by atoms with E-state index in [1.807, 2.05) is 0 Å². The molecule has 38 heavy (non-hydrogen) atoms. The molecule has 198 valence electrons. The Hall–Kier alpha value is -4.36. The van der Waals surface area contributed by atoms with E-state index in [4.69, 9.17) is 13.9 Å². The molecule has 7 N–H and O–H groups in total. The van der Waals surface area contributed by atoms with Crippen molar-refractivity contribution >= 4 is 27.9 Å². The highest BCUT2D eigenvalue weighted by molar-refractivity contribution is 5.96. The first kappa shape index (κ1) is 25.3. The first-order chi connectivity index (χ1) is 18.1. The number of hydrogen-bond donors (Lipinski definition) is 7. The maximum Gasteiger partial charge on any atom is 0.338 e. The molecular weight excluding hydrogens is 504 g/mol. The largest absolute Gasteiger partial charge is 0.507 e. The summed E-state index contributed by atoms with van der Waals surface area (Å²) in [6.45, 7) is -0.556. The van der Waals surface area contributed by atoms with Gasteiger partial charge in [-0.15, -0.1) is 0 Å². The minimum Gasteiger partial charge on any atom is -0.507 e. The lowest BCUT2D eigenvalue weighted by Gasteiger charge is -2.40. The first-order valence-electron chi connectivity index (χ1n) is 11.4. The van der Waals surface area contributed by atoms with Crippen molar-refractivity contribution in [3.63, 3.8) is 0 Å². The normalized spacial score (nSPS) is 23.5. The lowest BCUT2D eigenvalue weighted by molar-refractivity contribution is -0.232. The second-order valence-electron chi connectivity index (χ2n) is 8.83. The Morgan fingerprint density at radius 3 is 2.21 bits per heavy atom. The van der Waals surface area contributed by atoms with Crippen molar-refractivity contribution in [3.05, 3.63) is 69.9 Å². The van der Waals surface area contributed by atoms with Crippen molar-refractivity contribution < 1.29 is 54.4 Å². The molecule has 0 saturated carbocycles. The molecular formula is C26H22O12. The number of aromatic hydroxyl groups is 4. The molecule has 1 saturated heterocycles. The lowest BCUT2D eigenvalue weighted by Crippen LogP contribution is -2.55. The Morgan fingerprint density at radius 1 is 0.842 bits per heavy atom.